The van der Waals surface area contributed by atoms with Gasteiger partial charge in [-0.3, -0.25) is 4.79 Å². The number of hydrogen-bond acceptors (Lipinski definition) is 1. The van der Waals surface area contributed by atoms with Gasteiger partial charge in [-0.1, -0.05) is 52.3 Å². The number of halogens is 1. The standard InChI is InChI=1S/C19H16BrNO/c20-16-7-8-17(14-4-2-1-3-13(14)16)21-10-15-11-5-6-12(9-11)18(15)19(21)22/h1-8,11-12,15,18H,9-10H2/t11?,12?,15-,18+/m1/s1. The third-order valence-corrected chi connectivity index (χ3v) is 6.40. The number of anilines is 1. The van der Waals surface area contributed by atoms with Crippen LogP contribution in [-0.4, -0.2) is 12.5 Å². The molecule has 2 unspecified atom stereocenters. The smallest absolute Gasteiger partial charge is 0.231 e. The lowest BCUT2D eigenvalue weighted by Gasteiger charge is -2.21. The SMILES string of the molecule is O=C1[C@H]2C3C=CC(C3)[C@H]2CN1c1ccc(Br)c2ccccc12. The molecular weight excluding hydrogens is 338 g/mol. The van der Waals surface area contributed by atoms with Crippen molar-refractivity contribution in [2.45, 2.75) is 6.42 Å². The van der Waals surface area contributed by atoms with E-state index in [4.69, 9.17) is 0 Å². The van der Waals surface area contributed by atoms with Crippen molar-refractivity contribution in [1.82, 2.24) is 0 Å². The van der Waals surface area contributed by atoms with Crippen molar-refractivity contribution in [3.05, 3.63) is 53.0 Å². The third kappa shape index (κ3) is 1.58. The van der Waals surface area contributed by atoms with E-state index in [1.54, 1.807) is 0 Å². The third-order valence-electron chi connectivity index (χ3n) is 5.71. The molecule has 2 fully saturated rings. The predicted octanol–water partition coefficient (Wildman–Crippen LogP) is 4.39. The van der Waals surface area contributed by atoms with Gasteiger partial charge >= 0.3 is 0 Å². The molecule has 1 aliphatic heterocycles. The van der Waals surface area contributed by atoms with Gasteiger partial charge in [0.25, 0.3) is 0 Å². The first-order valence-electron chi connectivity index (χ1n) is 7.91. The van der Waals surface area contributed by atoms with Crippen LogP contribution in [-0.2, 0) is 4.79 Å². The molecule has 0 N–H and O–H groups in total. The summed E-state index contributed by atoms with van der Waals surface area (Å²) >= 11 is 3.62. The summed E-state index contributed by atoms with van der Waals surface area (Å²) in [6, 6.07) is 12.5. The van der Waals surface area contributed by atoms with E-state index in [0.29, 0.717) is 23.7 Å². The van der Waals surface area contributed by atoms with E-state index >= 15 is 0 Å². The van der Waals surface area contributed by atoms with Crippen LogP contribution in [0.3, 0.4) is 0 Å². The van der Waals surface area contributed by atoms with E-state index in [0.717, 1.165) is 22.1 Å². The van der Waals surface area contributed by atoms with Crippen LogP contribution in [0.1, 0.15) is 6.42 Å². The largest absolute Gasteiger partial charge is 0.311 e. The minimum Gasteiger partial charge on any atom is -0.311 e. The second-order valence-corrected chi connectivity index (χ2v) is 7.55. The van der Waals surface area contributed by atoms with E-state index in [9.17, 15) is 4.79 Å². The average Bonchev–Trinajstić information content (AvgIpc) is 3.22. The van der Waals surface area contributed by atoms with E-state index in [1.807, 2.05) is 17.0 Å². The maximum absolute atomic E-state index is 13.0. The number of hydrogen-bond donors (Lipinski definition) is 0. The maximum Gasteiger partial charge on any atom is 0.231 e. The minimum absolute atomic E-state index is 0.220. The quantitative estimate of drug-likeness (QED) is 0.696. The van der Waals surface area contributed by atoms with Crippen LogP contribution in [0.5, 0.6) is 0 Å². The zero-order valence-electron chi connectivity index (χ0n) is 12.1. The first-order valence-corrected chi connectivity index (χ1v) is 8.70. The van der Waals surface area contributed by atoms with Crippen molar-refractivity contribution in [3.8, 4) is 0 Å². The molecule has 1 heterocycles. The highest BCUT2D eigenvalue weighted by atomic mass is 79.9. The van der Waals surface area contributed by atoms with Gasteiger partial charge in [-0.05, 0) is 41.7 Å². The highest BCUT2D eigenvalue weighted by Crippen LogP contribution is 2.53. The normalized spacial score (nSPS) is 32.2. The molecule has 1 saturated heterocycles. The summed E-state index contributed by atoms with van der Waals surface area (Å²) in [6.45, 7) is 0.876. The van der Waals surface area contributed by atoms with Gasteiger partial charge in [-0.15, -0.1) is 0 Å². The fourth-order valence-electron chi connectivity index (χ4n) is 4.72. The number of amides is 1. The van der Waals surface area contributed by atoms with Crippen molar-refractivity contribution >= 4 is 38.3 Å². The molecule has 22 heavy (non-hydrogen) atoms. The van der Waals surface area contributed by atoms with E-state index in [-0.39, 0.29) is 5.92 Å². The lowest BCUT2D eigenvalue weighted by Crippen LogP contribution is -2.29. The summed E-state index contributed by atoms with van der Waals surface area (Å²) in [4.78, 5) is 15.0. The highest BCUT2D eigenvalue weighted by Gasteiger charge is 2.54. The van der Waals surface area contributed by atoms with Gasteiger partial charge in [0.1, 0.15) is 0 Å². The van der Waals surface area contributed by atoms with Gasteiger partial charge in [0.15, 0.2) is 0 Å². The number of nitrogens with zero attached hydrogens (tertiary/aromatic N) is 1. The van der Waals surface area contributed by atoms with E-state index in [1.165, 1.54) is 11.8 Å². The summed E-state index contributed by atoms with van der Waals surface area (Å²) < 4.78 is 1.08. The second kappa shape index (κ2) is 4.45. The molecule has 110 valence electrons. The lowest BCUT2D eigenvalue weighted by atomic mass is 9.86. The van der Waals surface area contributed by atoms with Crippen molar-refractivity contribution in [2.75, 3.05) is 11.4 Å². The Balaban J connectivity index is 1.62. The molecule has 2 aliphatic carbocycles. The highest BCUT2D eigenvalue weighted by molar-refractivity contribution is 9.10. The molecule has 3 aliphatic rings. The van der Waals surface area contributed by atoms with Crippen molar-refractivity contribution in [3.63, 3.8) is 0 Å². The monoisotopic (exact) mass is 353 g/mol. The molecule has 5 rings (SSSR count). The van der Waals surface area contributed by atoms with Crippen molar-refractivity contribution < 1.29 is 4.79 Å². The Morgan fingerprint density at radius 1 is 1.00 bits per heavy atom. The van der Waals surface area contributed by atoms with Crippen molar-refractivity contribution in [2.24, 2.45) is 23.7 Å². The average molecular weight is 354 g/mol. The number of carbonyl (C=O) groups excluding carboxylic acids is 1. The maximum atomic E-state index is 13.0. The van der Waals surface area contributed by atoms with E-state index in [2.05, 4.69) is 52.3 Å². The van der Waals surface area contributed by atoms with Gasteiger partial charge in [-0.25, -0.2) is 0 Å². The fourth-order valence-corrected chi connectivity index (χ4v) is 5.20. The Bertz CT molecular complexity index is 827. The topological polar surface area (TPSA) is 20.3 Å². The summed E-state index contributed by atoms with van der Waals surface area (Å²) in [5.74, 6) is 2.16. The van der Waals surface area contributed by atoms with Crippen LogP contribution >= 0.6 is 15.9 Å². The zero-order chi connectivity index (χ0) is 14.8. The fraction of sp³-hybridized carbons (Fsp3) is 0.316. The number of rotatable bonds is 1. The first kappa shape index (κ1) is 12.9. The molecule has 0 spiro atoms. The number of carbonyl (C=O) groups is 1. The molecular formula is C19H16BrNO. The van der Waals surface area contributed by atoms with Gasteiger partial charge in [0.2, 0.25) is 5.91 Å². The summed E-state index contributed by atoms with van der Waals surface area (Å²) in [5, 5.41) is 2.33. The molecule has 1 saturated carbocycles. The summed E-state index contributed by atoms with van der Waals surface area (Å²) in [5.41, 5.74) is 1.07. The summed E-state index contributed by atoms with van der Waals surface area (Å²) in [7, 11) is 0. The molecule has 0 radical (unpaired) electrons. The minimum atomic E-state index is 0.220. The molecule has 3 heteroatoms. The van der Waals surface area contributed by atoms with E-state index < -0.39 is 0 Å². The van der Waals surface area contributed by atoms with Crippen LogP contribution in [0.25, 0.3) is 10.8 Å². The molecule has 2 aromatic carbocycles. The molecule has 2 aromatic rings. The van der Waals surface area contributed by atoms with Crippen LogP contribution in [0, 0.1) is 23.7 Å². The van der Waals surface area contributed by atoms with Crippen LogP contribution in [0.4, 0.5) is 5.69 Å². The molecule has 2 nitrogen and oxygen atoms in total. The Kier molecular flexibility index (Phi) is 2.61. The summed E-state index contributed by atoms with van der Waals surface area (Å²) in [6.07, 6.45) is 5.80. The van der Waals surface area contributed by atoms with Crippen LogP contribution in [0.15, 0.2) is 53.0 Å². The van der Waals surface area contributed by atoms with Gasteiger partial charge in [0, 0.05) is 22.3 Å². The number of fused-ring (bicyclic) bond motifs is 6. The first-order chi connectivity index (χ1) is 10.7. The van der Waals surface area contributed by atoms with Crippen LogP contribution < -0.4 is 4.90 Å². The predicted molar refractivity (Wildman–Crippen MR) is 91.7 cm³/mol. The van der Waals surface area contributed by atoms with Crippen LogP contribution in [0.2, 0.25) is 0 Å². The molecule has 4 atom stereocenters. The second-order valence-electron chi connectivity index (χ2n) is 6.70. The Hall–Kier alpha value is -1.61. The number of benzene rings is 2. The Morgan fingerprint density at radius 3 is 2.59 bits per heavy atom. The van der Waals surface area contributed by atoms with Gasteiger partial charge < -0.3 is 4.90 Å². The molecule has 2 bridgehead atoms. The number of allylic oxidation sites excluding steroid dienone is 2. The Labute approximate surface area is 137 Å². The van der Waals surface area contributed by atoms with Gasteiger partial charge in [0.05, 0.1) is 5.69 Å². The van der Waals surface area contributed by atoms with Gasteiger partial charge in [-0.2, -0.15) is 0 Å². The lowest BCUT2D eigenvalue weighted by molar-refractivity contribution is -0.121. The Morgan fingerprint density at radius 2 is 1.77 bits per heavy atom. The van der Waals surface area contributed by atoms with Crippen molar-refractivity contribution in [1.29, 1.82) is 0 Å². The molecule has 0 aromatic heterocycles. The zero-order valence-corrected chi connectivity index (χ0v) is 13.7. The molecule has 1 amide bonds.